The molecule has 1 amide bonds. The number of nitrogens with two attached hydrogens (primary N) is 1. The Labute approximate surface area is 86.5 Å². The minimum absolute atomic E-state index is 0.163. The van der Waals surface area contributed by atoms with Gasteiger partial charge in [0.05, 0.1) is 11.9 Å². The third-order valence-electron chi connectivity index (χ3n) is 2.04. The van der Waals surface area contributed by atoms with E-state index in [2.05, 4.69) is 10.3 Å². The Morgan fingerprint density at radius 3 is 2.53 bits per heavy atom. The first kappa shape index (κ1) is 9.39. The van der Waals surface area contributed by atoms with E-state index >= 15 is 0 Å². The van der Waals surface area contributed by atoms with Crippen molar-refractivity contribution in [1.82, 2.24) is 15.0 Å². The van der Waals surface area contributed by atoms with Crippen LogP contribution in [0.4, 0.5) is 0 Å². The molecule has 5 heteroatoms. The van der Waals surface area contributed by atoms with Gasteiger partial charge in [0.1, 0.15) is 0 Å². The minimum Gasteiger partial charge on any atom is -0.364 e. The summed E-state index contributed by atoms with van der Waals surface area (Å²) >= 11 is 0. The van der Waals surface area contributed by atoms with Crippen molar-refractivity contribution in [2.75, 3.05) is 0 Å². The summed E-state index contributed by atoms with van der Waals surface area (Å²) < 4.78 is 1.51. The van der Waals surface area contributed by atoms with Crippen molar-refractivity contribution in [2.24, 2.45) is 5.73 Å². The smallest absolute Gasteiger partial charge is 0.270 e. The molecule has 2 rings (SSSR count). The third-order valence-corrected chi connectivity index (χ3v) is 2.04. The Balaban J connectivity index is 2.37. The van der Waals surface area contributed by atoms with Gasteiger partial charge in [0.2, 0.25) is 0 Å². The molecule has 0 atom stereocenters. The molecule has 0 aliphatic carbocycles. The average Bonchev–Trinajstić information content (AvgIpc) is 2.68. The zero-order valence-electron chi connectivity index (χ0n) is 8.21. The Morgan fingerprint density at radius 1 is 1.33 bits per heavy atom. The summed E-state index contributed by atoms with van der Waals surface area (Å²) in [7, 11) is 0. The van der Waals surface area contributed by atoms with Crippen LogP contribution in [-0.2, 0) is 0 Å². The second-order valence-corrected chi connectivity index (χ2v) is 3.25. The number of benzene rings is 1. The average molecular weight is 202 g/mol. The number of hydrogen-bond donors (Lipinski definition) is 1. The predicted octanol–water partition coefficient (Wildman–Crippen LogP) is 0.675. The zero-order valence-corrected chi connectivity index (χ0v) is 8.21. The van der Waals surface area contributed by atoms with E-state index in [1.54, 1.807) is 0 Å². The van der Waals surface area contributed by atoms with E-state index in [0.29, 0.717) is 0 Å². The van der Waals surface area contributed by atoms with Crippen molar-refractivity contribution in [3.05, 3.63) is 41.7 Å². The summed E-state index contributed by atoms with van der Waals surface area (Å²) in [4.78, 5) is 10.8. The van der Waals surface area contributed by atoms with Gasteiger partial charge in [0.15, 0.2) is 5.69 Å². The van der Waals surface area contributed by atoms with Crippen LogP contribution in [0.5, 0.6) is 0 Å². The first-order chi connectivity index (χ1) is 7.16. The van der Waals surface area contributed by atoms with Crippen LogP contribution in [0.2, 0.25) is 0 Å². The second kappa shape index (κ2) is 3.53. The monoisotopic (exact) mass is 202 g/mol. The number of rotatable bonds is 2. The van der Waals surface area contributed by atoms with Crippen LogP contribution in [-0.4, -0.2) is 20.9 Å². The maximum atomic E-state index is 10.8. The number of aromatic nitrogens is 3. The summed E-state index contributed by atoms with van der Waals surface area (Å²) in [5.74, 6) is -0.576. The molecule has 0 saturated carbocycles. The molecule has 0 saturated heterocycles. The Hall–Kier alpha value is -2.17. The second-order valence-electron chi connectivity index (χ2n) is 3.25. The van der Waals surface area contributed by atoms with Crippen LogP contribution in [0.3, 0.4) is 0 Å². The molecule has 1 aromatic heterocycles. The van der Waals surface area contributed by atoms with E-state index < -0.39 is 5.91 Å². The highest BCUT2D eigenvalue weighted by Crippen LogP contribution is 2.07. The van der Waals surface area contributed by atoms with Gasteiger partial charge >= 0.3 is 0 Å². The lowest BCUT2D eigenvalue weighted by atomic mass is 10.2. The summed E-state index contributed by atoms with van der Waals surface area (Å²) in [6.45, 7) is 2.00. The maximum Gasteiger partial charge on any atom is 0.270 e. The molecule has 76 valence electrons. The van der Waals surface area contributed by atoms with Gasteiger partial charge in [0.25, 0.3) is 5.91 Å². The number of aryl methyl sites for hydroxylation is 1. The highest BCUT2D eigenvalue weighted by molar-refractivity contribution is 5.90. The van der Waals surface area contributed by atoms with Gasteiger partial charge in [0, 0.05) is 0 Å². The van der Waals surface area contributed by atoms with Crippen LogP contribution in [0.1, 0.15) is 16.1 Å². The quantitative estimate of drug-likeness (QED) is 0.778. The lowest BCUT2D eigenvalue weighted by molar-refractivity contribution is 0.0995. The topological polar surface area (TPSA) is 73.8 Å². The predicted molar refractivity (Wildman–Crippen MR) is 54.6 cm³/mol. The van der Waals surface area contributed by atoms with Gasteiger partial charge in [-0.15, -0.1) is 5.10 Å². The molecule has 0 radical (unpaired) electrons. The number of amides is 1. The number of carbonyl (C=O) groups excluding carboxylic acids is 1. The van der Waals surface area contributed by atoms with E-state index in [1.165, 1.54) is 10.9 Å². The molecule has 0 aliphatic rings. The molecular weight excluding hydrogens is 192 g/mol. The molecule has 2 N–H and O–H groups in total. The van der Waals surface area contributed by atoms with E-state index in [1.807, 2.05) is 31.2 Å². The lowest BCUT2D eigenvalue weighted by Crippen LogP contribution is -2.11. The zero-order chi connectivity index (χ0) is 10.8. The normalized spacial score (nSPS) is 10.2. The SMILES string of the molecule is Cc1ccc(-n2cc(C(N)=O)nn2)cc1. The van der Waals surface area contributed by atoms with Gasteiger partial charge in [-0.1, -0.05) is 22.9 Å². The van der Waals surface area contributed by atoms with E-state index in [4.69, 9.17) is 5.73 Å². The summed E-state index contributed by atoms with van der Waals surface area (Å²) in [5, 5.41) is 7.46. The number of hydrogen-bond acceptors (Lipinski definition) is 3. The highest BCUT2D eigenvalue weighted by atomic mass is 16.1. The van der Waals surface area contributed by atoms with Crippen molar-refractivity contribution < 1.29 is 4.79 Å². The molecule has 1 heterocycles. The first-order valence-electron chi connectivity index (χ1n) is 4.46. The Bertz CT molecular complexity index is 486. The lowest BCUT2D eigenvalue weighted by Gasteiger charge is -1.99. The molecule has 5 nitrogen and oxygen atoms in total. The standard InChI is InChI=1S/C10H10N4O/c1-7-2-4-8(5-3-7)14-6-9(10(11)15)12-13-14/h2-6H,1H3,(H2,11,15). The van der Waals surface area contributed by atoms with Crippen molar-refractivity contribution in [2.45, 2.75) is 6.92 Å². The van der Waals surface area contributed by atoms with Gasteiger partial charge in [-0.05, 0) is 19.1 Å². The third kappa shape index (κ3) is 1.85. The van der Waals surface area contributed by atoms with Crippen molar-refractivity contribution in [1.29, 1.82) is 0 Å². The maximum absolute atomic E-state index is 10.8. The number of carbonyl (C=O) groups is 1. The van der Waals surface area contributed by atoms with Crippen molar-refractivity contribution >= 4 is 5.91 Å². The molecule has 0 fully saturated rings. The van der Waals surface area contributed by atoms with Crippen LogP contribution in [0.25, 0.3) is 5.69 Å². The van der Waals surface area contributed by atoms with Gasteiger partial charge in [-0.2, -0.15) is 0 Å². The largest absolute Gasteiger partial charge is 0.364 e. The number of nitrogens with zero attached hydrogens (tertiary/aromatic N) is 3. The molecule has 0 unspecified atom stereocenters. The first-order valence-corrected chi connectivity index (χ1v) is 4.46. The van der Waals surface area contributed by atoms with E-state index in [-0.39, 0.29) is 5.69 Å². The molecule has 0 spiro atoms. The van der Waals surface area contributed by atoms with E-state index in [9.17, 15) is 4.79 Å². The van der Waals surface area contributed by atoms with Gasteiger partial charge in [-0.25, -0.2) is 4.68 Å². The Kier molecular flexibility index (Phi) is 2.21. The highest BCUT2D eigenvalue weighted by Gasteiger charge is 2.06. The number of primary amides is 1. The fraction of sp³-hybridized carbons (Fsp3) is 0.100. The van der Waals surface area contributed by atoms with Crippen LogP contribution < -0.4 is 5.73 Å². The summed E-state index contributed by atoms with van der Waals surface area (Å²) in [6.07, 6.45) is 1.51. The van der Waals surface area contributed by atoms with Crippen LogP contribution >= 0.6 is 0 Å². The molecule has 0 bridgehead atoms. The van der Waals surface area contributed by atoms with Gasteiger partial charge in [-0.3, -0.25) is 4.79 Å². The molecule has 0 aliphatic heterocycles. The van der Waals surface area contributed by atoms with E-state index in [0.717, 1.165) is 11.3 Å². The van der Waals surface area contributed by atoms with Gasteiger partial charge < -0.3 is 5.73 Å². The van der Waals surface area contributed by atoms with Crippen molar-refractivity contribution in [3.8, 4) is 5.69 Å². The fourth-order valence-electron chi connectivity index (χ4n) is 1.20. The summed E-state index contributed by atoms with van der Waals surface area (Å²) in [6, 6.07) is 7.71. The molecule has 1 aromatic carbocycles. The fourth-order valence-corrected chi connectivity index (χ4v) is 1.20. The minimum atomic E-state index is -0.576. The van der Waals surface area contributed by atoms with Crippen LogP contribution in [0, 0.1) is 6.92 Å². The molecule has 2 aromatic rings. The van der Waals surface area contributed by atoms with Crippen molar-refractivity contribution in [3.63, 3.8) is 0 Å². The van der Waals surface area contributed by atoms with Crippen LogP contribution in [0.15, 0.2) is 30.5 Å². The molecule has 15 heavy (non-hydrogen) atoms. The molecular formula is C10H10N4O. The Morgan fingerprint density at radius 2 is 2.00 bits per heavy atom. The summed E-state index contributed by atoms with van der Waals surface area (Å²) in [5.41, 5.74) is 7.25.